The number of carboxylic acid groups (broad SMARTS) is 1. The molecule has 1 aromatic rings. The number of hydrogen-bond acceptors (Lipinski definition) is 5. The fourth-order valence-electron chi connectivity index (χ4n) is 2.06. The van der Waals surface area contributed by atoms with Crippen molar-refractivity contribution in [3.05, 3.63) is 20.4 Å². The summed E-state index contributed by atoms with van der Waals surface area (Å²) >= 11 is 0. The summed E-state index contributed by atoms with van der Waals surface area (Å²) < 4.78 is 0. The summed E-state index contributed by atoms with van der Waals surface area (Å²) in [5.41, 5.74) is 4.54. The molecular formula is C10H12N2O4. The number of anilines is 2. The Hall–Kier alpha value is -1.85. The lowest BCUT2D eigenvalue weighted by Crippen LogP contribution is -2.46. The molecule has 0 aliphatic carbocycles. The number of nitrogens with zero attached hydrogens (tertiary/aromatic N) is 1. The highest BCUT2D eigenvalue weighted by atomic mass is 16.4. The standard InChI is InChI=1S/C10H12N2O4/c11-6-7(9(14)8(6)13)12-3-1-5(2-4-12)10(15)16/h5H,1-4,11H2,(H,15,16). The molecule has 0 aromatic heterocycles. The van der Waals surface area contributed by atoms with E-state index < -0.39 is 16.8 Å². The van der Waals surface area contributed by atoms with Gasteiger partial charge in [-0.05, 0) is 12.8 Å². The van der Waals surface area contributed by atoms with Gasteiger partial charge in [0.25, 0.3) is 10.9 Å². The predicted molar refractivity (Wildman–Crippen MR) is 58.3 cm³/mol. The maximum atomic E-state index is 11.2. The quantitative estimate of drug-likeness (QED) is 0.635. The Morgan fingerprint density at radius 1 is 1.25 bits per heavy atom. The molecule has 0 saturated carbocycles. The molecule has 0 spiro atoms. The Bertz CT molecular complexity index is 493. The molecule has 0 bridgehead atoms. The number of nitrogens with two attached hydrogens (primary N) is 1. The van der Waals surface area contributed by atoms with Crippen molar-refractivity contribution >= 4 is 17.3 Å². The minimum Gasteiger partial charge on any atom is -0.481 e. The first-order valence-corrected chi connectivity index (χ1v) is 5.09. The van der Waals surface area contributed by atoms with Crippen molar-refractivity contribution in [2.24, 2.45) is 5.92 Å². The number of hydrogen-bond donors (Lipinski definition) is 2. The largest absolute Gasteiger partial charge is 0.481 e. The number of nitrogen functional groups attached to an aromatic ring is 1. The van der Waals surface area contributed by atoms with Gasteiger partial charge < -0.3 is 15.7 Å². The number of piperidine rings is 1. The zero-order valence-corrected chi connectivity index (χ0v) is 8.60. The molecule has 1 saturated heterocycles. The van der Waals surface area contributed by atoms with Crippen molar-refractivity contribution in [3.63, 3.8) is 0 Å². The normalized spacial score (nSPS) is 17.9. The molecule has 16 heavy (non-hydrogen) atoms. The van der Waals surface area contributed by atoms with Crippen LogP contribution in [0.25, 0.3) is 0 Å². The molecule has 6 heteroatoms. The second kappa shape index (κ2) is 3.62. The molecular weight excluding hydrogens is 212 g/mol. The average Bonchev–Trinajstić information content (AvgIpc) is 2.29. The number of carboxylic acids is 1. The summed E-state index contributed by atoms with van der Waals surface area (Å²) in [6.07, 6.45) is 0.959. The summed E-state index contributed by atoms with van der Waals surface area (Å²) in [7, 11) is 0. The van der Waals surface area contributed by atoms with E-state index in [4.69, 9.17) is 10.8 Å². The van der Waals surface area contributed by atoms with Crippen LogP contribution in [0.2, 0.25) is 0 Å². The molecule has 0 amide bonds. The van der Waals surface area contributed by atoms with Gasteiger partial charge in [0.1, 0.15) is 11.4 Å². The molecule has 0 unspecified atom stereocenters. The van der Waals surface area contributed by atoms with E-state index >= 15 is 0 Å². The SMILES string of the molecule is Nc1c(N2CCC(C(=O)O)CC2)c(=O)c1=O. The molecule has 1 aliphatic heterocycles. The first kappa shape index (κ1) is 10.7. The van der Waals surface area contributed by atoms with Crippen molar-refractivity contribution in [2.45, 2.75) is 12.8 Å². The van der Waals surface area contributed by atoms with Crippen LogP contribution >= 0.6 is 0 Å². The van der Waals surface area contributed by atoms with Gasteiger partial charge in [-0.25, -0.2) is 0 Å². The Morgan fingerprint density at radius 2 is 1.81 bits per heavy atom. The molecule has 86 valence electrons. The maximum absolute atomic E-state index is 11.2. The van der Waals surface area contributed by atoms with Crippen LogP contribution in [-0.4, -0.2) is 24.2 Å². The van der Waals surface area contributed by atoms with Gasteiger partial charge in [0.15, 0.2) is 0 Å². The monoisotopic (exact) mass is 224 g/mol. The number of aliphatic carboxylic acids is 1. The van der Waals surface area contributed by atoms with Crippen LogP contribution < -0.4 is 21.5 Å². The fourth-order valence-corrected chi connectivity index (χ4v) is 2.06. The van der Waals surface area contributed by atoms with Gasteiger partial charge in [-0.1, -0.05) is 0 Å². The fraction of sp³-hybridized carbons (Fsp3) is 0.500. The van der Waals surface area contributed by atoms with Gasteiger partial charge in [-0.15, -0.1) is 0 Å². The van der Waals surface area contributed by atoms with Gasteiger partial charge in [-0.3, -0.25) is 14.4 Å². The van der Waals surface area contributed by atoms with Crippen LogP contribution in [-0.2, 0) is 4.79 Å². The van der Waals surface area contributed by atoms with Gasteiger partial charge in [0, 0.05) is 13.1 Å². The molecule has 1 aromatic carbocycles. The second-order valence-electron chi connectivity index (χ2n) is 4.02. The zero-order valence-electron chi connectivity index (χ0n) is 8.60. The van der Waals surface area contributed by atoms with E-state index in [2.05, 4.69) is 0 Å². The lowest BCUT2D eigenvalue weighted by atomic mass is 9.96. The third-order valence-electron chi connectivity index (χ3n) is 3.08. The Balaban J connectivity index is 2.09. The Morgan fingerprint density at radius 3 is 2.25 bits per heavy atom. The van der Waals surface area contributed by atoms with Crippen molar-refractivity contribution < 1.29 is 9.90 Å². The summed E-state index contributed by atoms with van der Waals surface area (Å²) in [4.78, 5) is 34.6. The lowest BCUT2D eigenvalue weighted by Gasteiger charge is -2.32. The maximum Gasteiger partial charge on any atom is 0.306 e. The van der Waals surface area contributed by atoms with Crippen molar-refractivity contribution in [2.75, 3.05) is 23.7 Å². The molecule has 6 nitrogen and oxygen atoms in total. The van der Waals surface area contributed by atoms with E-state index in [0.717, 1.165) is 0 Å². The van der Waals surface area contributed by atoms with E-state index in [9.17, 15) is 14.4 Å². The van der Waals surface area contributed by atoms with E-state index in [1.807, 2.05) is 0 Å². The van der Waals surface area contributed by atoms with Crippen LogP contribution in [0.5, 0.6) is 0 Å². The summed E-state index contributed by atoms with van der Waals surface area (Å²) in [6, 6.07) is 0. The highest BCUT2D eigenvalue weighted by Crippen LogP contribution is 2.24. The molecule has 0 atom stereocenters. The topological polar surface area (TPSA) is 101 Å². The van der Waals surface area contributed by atoms with E-state index in [1.54, 1.807) is 4.90 Å². The summed E-state index contributed by atoms with van der Waals surface area (Å²) in [6.45, 7) is 0.929. The second-order valence-corrected chi connectivity index (χ2v) is 4.02. The highest BCUT2D eigenvalue weighted by molar-refractivity contribution is 5.74. The van der Waals surface area contributed by atoms with Gasteiger partial charge in [-0.2, -0.15) is 0 Å². The molecule has 1 fully saturated rings. The smallest absolute Gasteiger partial charge is 0.306 e. The van der Waals surface area contributed by atoms with Gasteiger partial charge >= 0.3 is 5.97 Å². The first-order chi connectivity index (χ1) is 7.52. The molecule has 1 aliphatic rings. The zero-order chi connectivity index (χ0) is 11.9. The highest BCUT2D eigenvalue weighted by Gasteiger charge is 2.29. The average molecular weight is 224 g/mol. The van der Waals surface area contributed by atoms with E-state index in [-0.39, 0.29) is 17.3 Å². The molecule has 0 radical (unpaired) electrons. The molecule has 3 N–H and O–H groups in total. The van der Waals surface area contributed by atoms with Crippen LogP contribution in [0.1, 0.15) is 12.8 Å². The van der Waals surface area contributed by atoms with Crippen LogP contribution in [0.15, 0.2) is 9.59 Å². The number of carbonyl (C=O) groups is 1. The van der Waals surface area contributed by atoms with Crippen LogP contribution in [0, 0.1) is 5.92 Å². The third-order valence-corrected chi connectivity index (χ3v) is 3.08. The van der Waals surface area contributed by atoms with E-state index in [1.165, 1.54) is 0 Å². The predicted octanol–water partition coefficient (Wildman–Crippen LogP) is -0.834. The summed E-state index contributed by atoms with van der Waals surface area (Å²) in [5, 5.41) is 8.80. The van der Waals surface area contributed by atoms with Gasteiger partial charge in [0.2, 0.25) is 0 Å². The molecule has 1 heterocycles. The Labute approximate surface area is 91.0 Å². The first-order valence-electron chi connectivity index (χ1n) is 5.09. The van der Waals surface area contributed by atoms with Gasteiger partial charge in [0.05, 0.1) is 5.92 Å². The minimum absolute atomic E-state index is 0.0128. The minimum atomic E-state index is -0.808. The van der Waals surface area contributed by atoms with E-state index in [0.29, 0.717) is 25.9 Å². The lowest BCUT2D eigenvalue weighted by molar-refractivity contribution is -0.142. The Kier molecular flexibility index (Phi) is 2.41. The van der Waals surface area contributed by atoms with Crippen molar-refractivity contribution in [1.82, 2.24) is 0 Å². The van der Waals surface area contributed by atoms with Crippen molar-refractivity contribution in [1.29, 1.82) is 0 Å². The summed E-state index contributed by atoms with van der Waals surface area (Å²) in [5.74, 6) is -1.17. The third kappa shape index (κ3) is 1.46. The van der Waals surface area contributed by atoms with Crippen molar-refractivity contribution in [3.8, 4) is 0 Å². The number of rotatable bonds is 2. The van der Waals surface area contributed by atoms with Crippen LogP contribution in [0.3, 0.4) is 0 Å². The van der Waals surface area contributed by atoms with Crippen LogP contribution in [0.4, 0.5) is 11.4 Å². The molecule has 2 rings (SSSR count).